The van der Waals surface area contributed by atoms with Crippen molar-refractivity contribution < 1.29 is 0 Å². The van der Waals surface area contributed by atoms with Gasteiger partial charge in [-0.3, -0.25) is 0 Å². The molecule has 0 N–H and O–H groups in total. The van der Waals surface area contributed by atoms with Gasteiger partial charge < -0.3 is 0 Å². The molecule has 56 heavy (non-hydrogen) atoms. The molecule has 0 saturated carbocycles. The van der Waals surface area contributed by atoms with Crippen molar-refractivity contribution in [2.45, 2.75) is 125 Å². The van der Waals surface area contributed by atoms with Crippen LogP contribution in [0.3, 0.4) is 0 Å². The first-order chi connectivity index (χ1) is 26.2. The summed E-state index contributed by atoms with van der Waals surface area (Å²) in [5.41, 5.74) is 25.8. The van der Waals surface area contributed by atoms with Crippen LogP contribution >= 0.6 is 0 Å². The SMILES string of the molecule is Cc1cc(C)[c]([Ge]([c]2c(C)cc(C)cc2C)[c]2c(C)cc(C)cc2C)c(C)c1.Cc1cc(C)[c]([Ge]([c]2c(C)cc(C)cc2C)[c]2c(C)cc(C)cc2C)c(C)c1. The minimum atomic E-state index is -1.98. The molecule has 0 aliphatic rings. The van der Waals surface area contributed by atoms with Crippen LogP contribution in [0.5, 0.6) is 0 Å². The van der Waals surface area contributed by atoms with Crippen molar-refractivity contribution >= 4 is 55.1 Å². The van der Waals surface area contributed by atoms with E-state index in [-0.39, 0.29) is 0 Å². The van der Waals surface area contributed by atoms with Crippen molar-refractivity contribution in [3.8, 4) is 0 Å². The van der Waals surface area contributed by atoms with Crippen LogP contribution in [-0.4, -0.2) is 28.7 Å². The number of hydrogen-bond acceptors (Lipinski definition) is 0. The molecule has 0 heterocycles. The first-order valence-corrected chi connectivity index (χ1v) is 26.7. The first kappa shape index (κ1) is 43.5. The van der Waals surface area contributed by atoms with Crippen LogP contribution in [0.1, 0.15) is 100 Å². The monoisotopic (exact) mass is 862 g/mol. The molecule has 0 spiro atoms. The number of hydrogen-bond donors (Lipinski definition) is 0. The molecule has 6 rings (SSSR count). The van der Waals surface area contributed by atoms with E-state index in [2.05, 4.69) is 197 Å². The fourth-order valence-corrected chi connectivity index (χ4v) is 25.1. The summed E-state index contributed by atoms with van der Waals surface area (Å²) >= 11 is -3.96. The van der Waals surface area contributed by atoms with Crippen LogP contribution in [0, 0.1) is 125 Å². The zero-order chi connectivity index (χ0) is 41.5. The summed E-state index contributed by atoms with van der Waals surface area (Å²) in [4.78, 5) is 0. The molecular formula is C54H66Ge2. The molecule has 0 aromatic heterocycles. The third kappa shape index (κ3) is 9.08. The van der Waals surface area contributed by atoms with E-state index in [4.69, 9.17) is 0 Å². The Kier molecular flexibility index (Phi) is 13.6. The molecule has 0 amide bonds. The number of benzene rings is 6. The fourth-order valence-electron chi connectivity index (χ4n) is 10.2. The van der Waals surface area contributed by atoms with Crippen LogP contribution < -0.4 is 26.4 Å². The number of aryl methyl sites for hydroxylation is 18. The van der Waals surface area contributed by atoms with E-state index in [0.717, 1.165) is 0 Å². The Bertz CT molecular complexity index is 1870. The Morgan fingerprint density at radius 1 is 0.179 bits per heavy atom. The topological polar surface area (TPSA) is 0 Å². The van der Waals surface area contributed by atoms with Crippen LogP contribution in [-0.2, 0) is 0 Å². The van der Waals surface area contributed by atoms with Gasteiger partial charge in [0.05, 0.1) is 0 Å². The maximum atomic E-state index is 2.38. The molecule has 0 saturated heterocycles. The molecule has 0 bridgehead atoms. The van der Waals surface area contributed by atoms with Crippen molar-refractivity contribution in [2.24, 2.45) is 0 Å². The Hall–Kier alpha value is -3.59. The average molecular weight is 860 g/mol. The summed E-state index contributed by atoms with van der Waals surface area (Å²) in [5.74, 6) is 0. The first-order valence-electron chi connectivity index (χ1n) is 20.4. The third-order valence-electron chi connectivity index (χ3n) is 11.6. The summed E-state index contributed by atoms with van der Waals surface area (Å²) in [6.07, 6.45) is 0. The zero-order valence-corrected chi connectivity index (χ0v) is 42.1. The summed E-state index contributed by atoms with van der Waals surface area (Å²) < 4.78 is 9.81. The molecule has 2 radical (unpaired) electrons. The van der Waals surface area contributed by atoms with Gasteiger partial charge in [0.2, 0.25) is 0 Å². The Balaban J connectivity index is 0.000000214. The average Bonchev–Trinajstić information content (AvgIpc) is 3.02. The van der Waals surface area contributed by atoms with E-state index in [9.17, 15) is 0 Å². The van der Waals surface area contributed by atoms with E-state index in [1.165, 1.54) is 100 Å². The molecule has 6 aromatic carbocycles. The molecule has 0 unspecified atom stereocenters. The van der Waals surface area contributed by atoms with E-state index in [1.54, 1.807) is 26.4 Å². The fraction of sp³-hybridized carbons (Fsp3) is 0.333. The van der Waals surface area contributed by atoms with Crippen molar-refractivity contribution in [3.05, 3.63) is 173 Å². The Morgan fingerprint density at radius 3 is 0.357 bits per heavy atom. The van der Waals surface area contributed by atoms with E-state index >= 15 is 0 Å². The van der Waals surface area contributed by atoms with Crippen molar-refractivity contribution in [2.75, 3.05) is 0 Å². The van der Waals surface area contributed by atoms with Crippen LogP contribution in [0.25, 0.3) is 0 Å². The normalized spacial score (nSPS) is 11.4. The Morgan fingerprint density at radius 2 is 0.268 bits per heavy atom. The summed E-state index contributed by atoms with van der Waals surface area (Å²) in [6.45, 7) is 41.1. The number of rotatable bonds is 6. The molecule has 6 aromatic rings. The van der Waals surface area contributed by atoms with Gasteiger partial charge in [-0.1, -0.05) is 0 Å². The molecule has 0 aliphatic heterocycles. The summed E-state index contributed by atoms with van der Waals surface area (Å²) in [5, 5.41) is 0. The van der Waals surface area contributed by atoms with Gasteiger partial charge in [-0.05, 0) is 0 Å². The second kappa shape index (κ2) is 17.5. The quantitative estimate of drug-likeness (QED) is 0.147. The standard InChI is InChI=1S/2C27H33Ge/c2*1-16-10-19(4)25(20(5)11-16)28(26-21(6)12-17(2)13-22(26)7)27-23(8)14-18(3)15-24(27)9/h2*10-15H,1-9H3. The predicted molar refractivity (Wildman–Crippen MR) is 253 cm³/mol. The molecule has 0 atom stereocenters. The van der Waals surface area contributed by atoms with Gasteiger partial charge in [0.15, 0.2) is 0 Å². The van der Waals surface area contributed by atoms with Gasteiger partial charge in [-0.25, -0.2) is 0 Å². The van der Waals surface area contributed by atoms with Crippen LogP contribution in [0.2, 0.25) is 0 Å². The van der Waals surface area contributed by atoms with Gasteiger partial charge in [-0.15, -0.1) is 0 Å². The van der Waals surface area contributed by atoms with Crippen LogP contribution in [0.15, 0.2) is 72.8 Å². The van der Waals surface area contributed by atoms with E-state index < -0.39 is 28.7 Å². The molecule has 0 nitrogen and oxygen atoms in total. The second-order valence-electron chi connectivity index (χ2n) is 17.4. The maximum absolute atomic E-state index is 2.38. The van der Waals surface area contributed by atoms with E-state index in [1.807, 2.05) is 0 Å². The molecule has 2 heteroatoms. The van der Waals surface area contributed by atoms with Crippen molar-refractivity contribution in [1.29, 1.82) is 0 Å². The predicted octanol–water partition coefficient (Wildman–Crippen LogP) is 9.96. The van der Waals surface area contributed by atoms with Crippen molar-refractivity contribution in [3.63, 3.8) is 0 Å². The second-order valence-corrected chi connectivity index (χ2v) is 26.8. The molecule has 0 aliphatic carbocycles. The van der Waals surface area contributed by atoms with Crippen molar-refractivity contribution in [1.82, 2.24) is 0 Å². The van der Waals surface area contributed by atoms with Gasteiger partial charge >= 0.3 is 353 Å². The van der Waals surface area contributed by atoms with Gasteiger partial charge in [0.25, 0.3) is 0 Å². The minimum absolute atomic E-state index is 1.37. The molecule has 0 fully saturated rings. The molecule has 290 valence electrons. The van der Waals surface area contributed by atoms with E-state index in [0.29, 0.717) is 0 Å². The summed E-state index contributed by atoms with van der Waals surface area (Å²) in [6, 6.07) is 28.6. The van der Waals surface area contributed by atoms with Gasteiger partial charge in [-0.2, -0.15) is 0 Å². The third-order valence-corrected chi connectivity index (χ3v) is 27.8. The van der Waals surface area contributed by atoms with Gasteiger partial charge in [0.1, 0.15) is 0 Å². The Labute approximate surface area is 350 Å². The summed E-state index contributed by atoms with van der Waals surface area (Å²) in [7, 11) is 0. The molecular weight excluding hydrogens is 794 g/mol. The zero-order valence-electron chi connectivity index (χ0n) is 37.9. The van der Waals surface area contributed by atoms with Crippen LogP contribution in [0.4, 0.5) is 0 Å². The van der Waals surface area contributed by atoms with Gasteiger partial charge in [0, 0.05) is 0 Å².